The molecule has 3 aromatic rings. The summed E-state index contributed by atoms with van der Waals surface area (Å²) < 4.78 is 0. The van der Waals surface area contributed by atoms with Crippen LogP contribution >= 0.6 is 0 Å². The lowest BCUT2D eigenvalue weighted by Gasteiger charge is -2.47. The van der Waals surface area contributed by atoms with Crippen molar-refractivity contribution in [1.82, 2.24) is 0 Å². The minimum absolute atomic E-state index is 0.104. The highest BCUT2D eigenvalue weighted by molar-refractivity contribution is 6.15. The number of carbonyl (C=O) groups is 2. The van der Waals surface area contributed by atoms with E-state index in [1.165, 1.54) is 0 Å². The number of benzene rings is 3. The number of rotatable bonds is 5. The largest absolute Gasteiger partial charge is 0.352 e. The lowest BCUT2D eigenvalue weighted by atomic mass is 9.74. The van der Waals surface area contributed by atoms with Gasteiger partial charge in [-0.15, -0.1) is 0 Å². The van der Waals surface area contributed by atoms with Crippen LogP contribution in [0.15, 0.2) is 91.0 Å². The summed E-state index contributed by atoms with van der Waals surface area (Å²) in [6.45, 7) is 2.89. The summed E-state index contributed by atoms with van der Waals surface area (Å²) in [6, 6.07) is 29.1. The van der Waals surface area contributed by atoms with E-state index in [-0.39, 0.29) is 11.6 Å². The molecule has 0 spiro atoms. The Morgan fingerprint density at radius 3 is 1.52 bits per heavy atom. The lowest BCUT2D eigenvalue weighted by Crippen LogP contribution is -2.62. The number of anilines is 2. The van der Waals surface area contributed by atoms with Crippen LogP contribution in [-0.2, 0) is 4.79 Å². The molecule has 4 heteroatoms. The zero-order valence-electron chi connectivity index (χ0n) is 16.5. The smallest absolute Gasteiger partial charge is 0.179 e. The molecule has 4 nitrogen and oxygen atoms in total. The first kappa shape index (κ1) is 18.9. The van der Waals surface area contributed by atoms with Crippen LogP contribution in [0.3, 0.4) is 0 Å². The molecule has 0 radical (unpaired) electrons. The van der Waals surface area contributed by atoms with Crippen LogP contribution in [0.1, 0.15) is 17.3 Å². The normalized spacial score (nSPS) is 15.8. The van der Waals surface area contributed by atoms with Crippen LogP contribution < -0.4 is 9.80 Å². The summed E-state index contributed by atoms with van der Waals surface area (Å²) in [7, 11) is 0. The van der Waals surface area contributed by atoms with Gasteiger partial charge < -0.3 is 9.80 Å². The Kier molecular flexibility index (Phi) is 5.17. The number of Topliss-reactive ketones (excluding diaryl/α,β-unsaturated/α-hetero) is 2. The number of ketones is 2. The maximum atomic E-state index is 13.6. The average molecular weight is 384 g/mol. The number of hydrogen-bond acceptors (Lipinski definition) is 4. The fourth-order valence-corrected chi connectivity index (χ4v) is 4.02. The lowest BCUT2D eigenvalue weighted by molar-refractivity contribution is -0.123. The predicted octanol–water partition coefficient (Wildman–Crippen LogP) is 4.43. The Morgan fingerprint density at radius 1 is 0.690 bits per heavy atom. The van der Waals surface area contributed by atoms with Crippen molar-refractivity contribution < 1.29 is 9.59 Å². The monoisotopic (exact) mass is 384 g/mol. The Bertz CT molecular complexity index is 940. The van der Waals surface area contributed by atoms with Gasteiger partial charge in [0, 0.05) is 30.0 Å². The van der Waals surface area contributed by atoms with Crippen LogP contribution in [0.4, 0.5) is 11.4 Å². The third-order valence-corrected chi connectivity index (χ3v) is 5.65. The van der Waals surface area contributed by atoms with E-state index < -0.39 is 5.41 Å². The van der Waals surface area contributed by atoms with E-state index in [2.05, 4.69) is 9.80 Å². The van der Waals surface area contributed by atoms with E-state index >= 15 is 0 Å². The van der Waals surface area contributed by atoms with E-state index in [1.54, 1.807) is 19.1 Å². The van der Waals surface area contributed by atoms with Crippen molar-refractivity contribution in [3.63, 3.8) is 0 Å². The molecule has 0 atom stereocenters. The standard InChI is InChI=1S/C25H24N2O2/c1-20(28)25(24(29)21-11-5-2-6-12-21)17-26(22-13-7-3-8-14-22)19-27(18-25)23-15-9-4-10-16-23/h2-16H,17-19H2,1H3. The van der Waals surface area contributed by atoms with E-state index in [1.807, 2.05) is 78.9 Å². The Balaban J connectivity index is 1.80. The number of para-hydroxylation sites is 2. The van der Waals surface area contributed by atoms with Gasteiger partial charge in [0.05, 0.1) is 6.67 Å². The van der Waals surface area contributed by atoms with Gasteiger partial charge in [0.25, 0.3) is 0 Å². The van der Waals surface area contributed by atoms with E-state index in [4.69, 9.17) is 0 Å². The number of carbonyl (C=O) groups excluding carboxylic acids is 2. The molecule has 1 saturated heterocycles. The van der Waals surface area contributed by atoms with Crippen molar-refractivity contribution in [1.29, 1.82) is 0 Å². The second-order valence-electron chi connectivity index (χ2n) is 7.54. The summed E-state index contributed by atoms with van der Waals surface area (Å²) in [6.07, 6.45) is 0. The molecule has 146 valence electrons. The molecule has 4 rings (SSSR count). The van der Waals surface area contributed by atoms with E-state index in [9.17, 15) is 9.59 Å². The third-order valence-electron chi connectivity index (χ3n) is 5.65. The molecule has 1 aliphatic rings. The van der Waals surface area contributed by atoms with Crippen molar-refractivity contribution in [2.24, 2.45) is 5.41 Å². The summed E-state index contributed by atoms with van der Waals surface area (Å²) in [5.74, 6) is -0.222. The van der Waals surface area contributed by atoms with Gasteiger partial charge in [-0.25, -0.2) is 0 Å². The van der Waals surface area contributed by atoms with Crippen LogP contribution in [-0.4, -0.2) is 31.3 Å². The average Bonchev–Trinajstić information content (AvgIpc) is 2.80. The van der Waals surface area contributed by atoms with Crippen LogP contribution in [0.2, 0.25) is 0 Å². The highest BCUT2D eigenvalue weighted by atomic mass is 16.2. The van der Waals surface area contributed by atoms with Gasteiger partial charge >= 0.3 is 0 Å². The van der Waals surface area contributed by atoms with Crippen molar-refractivity contribution in [2.75, 3.05) is 29.6 Å². The fraction of sp³-hybridized carbons (Fsp3) is 0.200. The van der Waals surface area contributed by atoms with Gasteiger partial charge in [-0.3, -0.25) is 9.59 Å². The molecule has 0 amide bonds. The van der Waals surface area contributed by atoms with E-state index in [0.717, 1.165) is 11.4 Å². The van der Waals surface area contributed by atoms with Crippen molar-refractivity contribution in [3.05, 3.63) is 96.6 Å². The summed E-state index contributed by atoms with van der Waals surface area (Å²) in [4.78, 5) is 30.9. The van der Waals surface area contributed by atoms with E-state index in [0.29, 0.717) is 25.3 Å². The minimum Gasteiger partial charge on any atom is -0.352 e. The predicted molar refractivity (Wildman–Crippen MR) is 116 cm³/mol. The van der Waals surface area contributed by atoms with Crippen LogP contribution in [0, 0.1) is 5.41 Å². The Morgan fingerprint density at radius 2 is 1.10 bits per heavy atom. The van der Waals surface area contributed by atoms with Gasteiger partial charge in [0.2, 0.25) is 0 Å². The van der Waals surface area contributed by atoms with Crippen molar-refractivity contribution in [3.8, 4) is 0 Å². The van der Waals surface area contributed by atoms with Crippen LogP contribution in [0.25, 0.3) is 0 Å². The second-order valence-corrected chi connectivity index (χ2v) is 7.54. The first-order valence-electron chi connectivity index (χ1n) is 9.81. The van der Waals surface area contributed by atoms with Gasteiger partial charge in [-0.2, -0.15) is 0 Å². The van der Waals surface area contributed by atoms with Gasteiger partial charge in [-0.05, 0) is 31.2 Å². The Labute approximate surface area is 171 Å². The second kappa shape index (κ2) is 7.92. The quantitative estimate of drug-likeness (QED) is 0.482. The molecule has 1 fully saturated rings. The maximum absolute atomic E-state index is 13.6. The minimum atomic E-state index is -1.13. The fourth-order valence-electron chi connectivity index (χ4n) is 4.02. The molecular weight excluding hydrogens is 360 g/mol. The van der Waals surface area contributed by atoms with Crippen molar-refractivity contribution >= 4 is 22.9 Å². The molecular formula is C25H24N2O2. The molecule has 29 heavy (non-hydrogen) atoms. The number of hydrogen-bond donors (Lipinski definition) is 0. The summed E-state index contributed by atoms with van der Waals surface area (Å²) >= 11 is 0. The number of nitrogens with zero attached hydrogens (tertiary/aromatic N) is 2. The highest BCUT2D eigenvalue weighted by Crippen LogP contribution is 2.35. The molecule has 0 aromatic heterocycles. The third kappa shape index (κ3) is 3.66. The molecule has 1 heterocycles. The molecule has 0 N–H and O–H groups in total. The highest BCUT2D eigenvalue weighted by Gasteiger charge is 2.49. The SMILES string of the molecule is CC(=O)C1(C(=O)c2ccccc2)CN(c2ccccc2)CN(c2ccccc2)C1. The van der Waals surface area contributed by atoms with Crippen molar-refractivity contribution in [2.45, 2.75) is 6.92 Å². The molecule has 1 aliphatic heterocycles. The molecule has 0 unspecified atom stereocenters. The Hall–Kier alpha value is -3.40. The van der Waals surface area contributed by atoms with Crippen LogP contribution in [0.5, 0.6) is 0 Å². The zero-order valence-corrected chi connectivity index (χ0v) is 16.5. The maximum Gasteiger partial charge on any atom is 0.179 e. The molecule has 0 aliphatic carbocycles. The molecule has 0 saturated carbocycles. The molecule has 0 bridgehead atoms. The summed E-state index contributed by atoms with van der Waals surface area (Å²) in [5.41, 5.74) is 1.44. The zero-order chi connectivity index (χ0) is 20.3. The van der Waals surface area contributed by atoms with Gasteiger partial charge in [0.15, 0.2) is 5.78 Å². The van der Waals surface area contributed by atoms with Gasteiger partial charge in [-0.1, -0.05) is 66.7 Å². The first-order chi connectivity index (χ1) is 14.1. The molecule has 3 aromatic carbocycles. The first-order valence-corrected chi connectivity index (χ1v) is 9.81. The topological polar surface area (TPSA) is 40.6 Å². The van der Waals surface area contributed by atoms with Gasteiger partial charge in [0.1, 0.15) is 11.2 Å². The summed E-state index contributed by atoms with van der Waals surface area (Å²) in [5, 5.41) is 0.